The molecule has 1 saturated heterocycles. The van der Waals surface area contributed by atoms with Crippen LogP contribution in [0.25, 0.3) is 0 Å². The van der Waals surface area contributed by atoms with Gasteiger partial charge in [-0.3, -0.25) is 19.8 Å². The summed E-state index contributed by atoms with van der Waals surface area (Å²) >= 11 is 5.80. The van der Waals surface area contributed by atoms with Gasteiger partial charge < -0.3 is 11.1 Å². The Kier molecular flexibility index (Phi) is 5.11. The highest BCUT2D eigenvalue weighted by Crippen LogP contribution is 2.27. The van der Waals surface area contributed by atoms with E-state index in [-0.39, 0.29) is 29.2 Å². The molecule has 0 saturated carbocycles. The van der Waals surface area contributed by atoms with E-state index in [4.69, 9.17) is 17.3 Å². The standard InChI is InChI=1S/C13H17ClN4O3/c14-11-7-10(1-2-12(11)18(20)21)16-13(19)8-17-5-3-9(15)4-6-17/h1-2,7,9H,3-6,8,15H2,(H,16,19). The highest BCUT2D eigenvalue weighted by molar-refractivity contribution is 6.33. The summed E-state index contributed by atoms with van der Waals surface area (Å²) in [5, 5.41) is 13.4. The number of piperidine rings is 1. The van der Waals surface area contributed by atoms with E-state index in [2.05, 4.69) is 5.32 Å². The van der Waals surface area contributed by atoms with E-state index in [1.54, 1.807) is 0 Å². The highest BCUT2D eigenvalue weighted by Gasteiger charge is 2.19. The van der Waals surface area contributed by atoms with E-state index in [9.17, 15) is 14.9 Å². The minimum atomic E-state index is -0.565. The van der Waals surface area contributed by atoms with Gasteiger partial charge in [0.2, 0.25) is 5.91 Å². The van der Waals surface area contributed by atoms with E-state index in [0.29, 0.717) is 5.69 Å². The maximum absolute atomic E-state index is 11.9. The van der Waals surface area contributed by atoms with Gasteiger partial charge in [0, 0.05) is 30.9 Å². The first-order valence-corrected chi connectivity index (χ1v) is 7.05. The van der Waals surface area contributed by atoms with Crippen molar-refractivity contribution in [3.8, 4) is 0 Å². The summed E-state index contributed by atoms with van der Waals surface area (Å²) in [7, 11) is 0. The number of nitro groups is 1. The first-order chi connectivity index (χ1) is 9.95. The lowest BCUT2D eigenvalue weighted by atomic mass is 10.1. The number of benzene rings is 1. The number of hydrogen-bond acceptors (Lipinski definition) is 5. The minimum Gasteiger partial charge on any atom is -0.328 e. The largest absolute Gasteiger partial charge is 0.328 e. The molecule has 1 fully saturated rings. The number of nitrogens with zero attached hydrogens (tertiary/aromatic N) is 2. The number of halogens is 1. The molecule has 1 aliphatic rings. The second kappa shape index (κ2) is 6.84. The highest BCUT2D eigenvalue weighted by atomic mass is 35.5. The second-order valence-electron chi connectivity index (χ2n) is 5.09. The maximum Gasteiger partial charge on any atom is 0.288 e. The van der Waals surface area contributed by atoms with E-state index < -0.39 is 4.92 Å². The first kappa shape index (κ1) is 15.7. The molecule has 0 radical (unpaired) electrons. The number of nitrogens with one attached hydrogen (secondary N) is 1. The van der Waals surface area contributed by atoms with Gasteiger partial charge in [-0.2, -0.15) is 0 Å². The number of amides is 1. The van der Waals surface area contributed by atoms with Gasteiger partial charge in [-0.25, -0.2) is 0 Å². The van der Waals surface area contributed by atoms with Crippen molar-refractivity contribution >= 4 is 28.9 Å². The normalized spacial score (nSPS) is 16.7. The Morgan fingerprint density at radius 3 is 2.71 bits per heavy atom. The van der Waals surface area contributed by atoms with Crippen molar-refractivity contribution in [1.29, 1.82) is 0 Å². The van der Waals surface area contributed by atoms with Crippen molar-refractivity contribution in [2.75, 3.05) is 25.0 Å². The molecule has 0 atom stereocenters. The zero-order valence-electron chi connectivity index (χ0n) is 11.4. The average Bonchev–Trinajstić information content (AvgIpc) is 2.41. The fourth-order valence-corrected chi connectivity index (χ4v) is 2.50. The second-order valence-corrected chi connectivity index (χ2v) is 5.49. The van der Waals surface area contributed by atoms with Crippen molar-refractivity contribution < 1.29 is 9.72 Å². The summed E-state index contributed by atoms with van der Waals surface area (Å²) in [6, 6.07) is 4.34. The fraction of sp³-hybridized carbons (Fsp3) is 0.462. The molecule has 8 heteroatoms. The first-order valence-electron chi connectivity index (χ1n) is 6.67. The molecular formula is C13H17ClN4O3. The lowest BCUT2D eigenvalue weighted by Crippen LogP contribution is -2.43. The molecule has 2 rings (SSSR count). The van der Waals surface area contributed by atoms with Crippen LogP contribution < -0.4 is 11.1 Å². The monoisotopic (exact) mass is 312 g/mol. The predicted molar refractivity (Wildman–Crippen MR) is 80.4 cm³/mol. The van der Waals surface area contributed by atoms with Crippen LogP contribution in [-0.4, -0.2) is 41.4 Å². The number of carbonyl (C=O) groups excluding carboxylic acids is 1. The number of anilines is 1. The quantitative estimate of drug-likeness (QED) is 0.649. The third-order valence-corrected chi connectivity index (χ3v) is 3.73. The molecule has 1 heterocycles. The average molecular weight is 313 g/mol. The molecule has 0 aromatic heterocycles. The summed E-state index contributed by atoms with van der Waals surface area (Å²) in [6.45, 7) is 1.88. The van der Waals surface area contributed by atoms with E-state index in [1.807, 2.05) is 4.90 Å². The Bertz CT molecular complexity index is 544. The third kappa shape index (κ3) is 4.38. The van der Waals surface area contributed by atoms with E-state index >= 15 is 0 Å². The number of carbonyl (C=O) groups is 1. The Balaban J connectivity index is 1.91. The Hall–Kier alpha value is -1.70. The zero-order chi connectivity index (χ0) is 15.4. The van der Waals surface area contributed by atoms with Crippen LogP contribution in [0.2, 0.25) is 5.02 Å². The molecular weight excluding hydrogens is 296 g/mol. The number of rotatable bonds is 4. The van der Waals surface area contributed by atoms with Gasteiger partial charge in [-0.15, -0.1) is 0 Å². The van der Waals surface area contributed by atoms with Crippen LogP contribution in [0.15, 0.2) is 18.2 Å². The summed E-state index contributed by atoms with van der Waals surface area (Å²) in [4.78, 5) is 24.1. The van der Waals surface area contributed by atoms with Crippen molar-refractivity contribution in [1.82, 2.24) is 4.90 Å². The van der Waals surface area contributed by atoms with E-state index in [1.165, 1.54) is 18.2 Å². The van der Waals surface area contributed by atoms with Gasteiger partial charge >= 0.3 is 0 Å². The Morgan fingerprint density at radius 1 is 1.48 bits per heavy atom. The SMILES string of the molecule is NC1CCN(CC(=O)Nc2ccc([N+](=O)[O-])c(Cl)c2)CC1. The number of hydrogen-bond donors (Lipinski definition) is 2. The molecule has 0 aliphatic carbocycles. The van der Waals surface area contributed by atoms with Gasteiger partial charge in [0.05, 0.1) is 11.5 Å². The Labute approximate surface area is 127 Å². The van der Waals surface area contributed by atoms with E-state index in [0.717, 1.165) is 25.9 Å². The number of nitrogens with two attached hydrogens (primary N) is 1. The summed E-state index contributed by atoms with van der Waals surface area (Å²) in [5.41, 5.74) is 6.08. The van der Waals surface area contributed by atoms with Crippen LogP contribution in [0, 0.1) is 10.1 Å². The molecule has 0 bridgehead atoms. The molecule has 3 N–H and O–H groups in total. The lowest BCUT2D eigenvalue weighted by Gasteiger charge is -2.29. The van der Waals surface area contributed by atoms with Gasteiger partial charge in [0.25, 0.3) is 5.69 Å². The van der Waals surface area contributed by atoms with Crippen LogP contribution >= 0.6 is 11.6 Å². The molecule has 1 aromatic carbocycles. The molecule has 1 amide bonds. The van der Waals surface area contributed by atoms with Crippen LogP contribution in [0.4, 0.5) is 11.4 Å². The van der Waals surface area contributed by atoms with Crippen LogP contribution in [0.1, 0.15) is 12.8 Å². The molecule has 0 spiro atoms. The molecule has 7 nitrogen and oxygen atoms in total. The molecule has 1 aromatic rings. The summed E-state index contributed by atoms with van der Waals surface area (Å²) < 4.78 is 0. The molecule has 1 aliphatic heterocycles. The topological polar surface area (TPSA) is 102 Å². The summed E-state index contributed by atoms with van der Waals surface area (Å²) in [6.07, 6.45) is 1.77. The smallest absolute Gasteiger partial charge is 0.288 e. The molecule has 0 unspecified atom stereocenters. The van der Waals surface area contributed by atoms with Gasteiger partial charge in [-0.1, -0.05) is 11.6 Å². The number of nitro benzene ring substituents is 1. The van der Waals surface area contributed by atoms with Crippen molar-refractivity contribution in [2.24, 2.45) is 5.73 Å². The van der Waals surface area contributed by atoms with Crippen LogP contribution in [0.3, 0.4) is 0 Å². The minimum absolute atomic E-state index is 0.00162. The molecule has 114 valence electrons. The zero-order valence-corrected chi connectivity index (χ0v) is 12.2. The third-order valence-electron chi connectivity index (χ3n) is 3.43. The van der Waals surface area contributed by atoms with Crippen molar-refractivity contribution in [2.45, 2.75) is 18.9 Å². The Morgan fingerprint density at radius 2 is 2.14 bits per heavy atom. The lowest BCUT2D eigenvalue weighted by molar-refractivity contribution is -0.384. The van der Waals surface area contributed by atoms with Crippen LogP contribution in [0.5, 0.6) is 0 Å². The predicted octanol–water partition coefficient (Wildman–Crippen LogP) is 1.61. The van der Waals surface area contributed by atoms with Gasteiger partial charge in [0.15, 0.2) is 0 Å². The van der Waals surface area contributed by atoms with Gasteiger partial charge in [-0.05, 0) is 25.0 Å². The van der Waals surface area contributed by atoms with Gasteiger partial charge in [0.1, 0.15) is 5.02 Å². The van der Waals surface area contributed by atoms with Crippen LogP contribution in [-0.2, 0) is 4.79 Å². The molecule has 21 heavy (non-hydrogen) atoms. The maximum atomic E-state index is 11.9. The fourth-order valence-electron chi connectivity index (χ4n) is 2.25. The number of likely N-dealkylation sites (tertiary alicyclic amines) is 1. The van der Waals surface area contributed by atoms with Crippen molar-refractivity contribution in [3.05, 3.63) is 33.3 Å². The van der Waals surface area contributed by atoms with Crippen molar-refractivity contribution in [3.63, 3.8) is 0 Å². The summed E-state index contributed by atoms with van der Waals surface area (Å²) in [5.74, 6) is -0.171.